The molecule has 6 nitrogen and oxygen atoms in total. The first-order chi connectivity index (χ1) is 10.1. The van der Waals surface area contributed by atoms with Gasteiger partial charge in [0.2, 0.25) is 5.88 Å². The molecule has 110 valence electrons. The lowest BCUT2D eigenvalue weighted by Crippen LogP contribution is -2.08. The Hall–Kier alpha value is -2.76. The van der Waals surface area contributed by atoms with Crippen molar-refractivity contribution in [3.63, 3.8) is 0 Å². The highest BCUT2D eigenvalue weighted by molar-refractivity contribution is 5.92. The highest BCUT2D eigenvalue weighted by atomic mass is 16.5. The van der Waals surface area contributed by atoms with Crippen LogP contribution in [0.4, 0.5) is 5.69 Å². The second kappa shape index (κ2) is 6.60. The highest BCUT2D eigenvalue weighted by Gasteiger charge is 2.15. The second-order valence-corrected chi connectivity index (χ2v) is 4.25. The van der Waals surface area contributed by atoms with Crippen molar-refractivity contribution in [2.75, 3.05) is 20.0 Å². The van der Waals surface area contributed by atoms with Crippen molar-refractivity contribution in [3.8, 4) is 11.6 Å². The molecule has 0 saturated carbocycles. The summed E-state index contributed by atoms with van der Waals surface area (Å²) in [4.78, 5) is 15.7. The predicted octanol–water partition coefficient (Wildman–Crippen LogP) is 2.04. The van der Waals surface area contributed by atoms with Crippen molar-refractivity contribution in [1.29, 1.82) is 0 Å². The van der Waals surface area contributed by atoms with Crippen LogP contribution in [0, 0.1) is 0 Å². The second-order valence-electron chi connectivity index (χ2n) is 4.25. The van der Waals surface area contributed by atoms with Gasteiger partial charge < -0.3 is 19.9 Å². The summed E-state index contributed by atoms with van der Waals surface area (Å²) < 4.78 is 15.4. The molecule has 1 heterocycles. The number of benzene rings is 1. The number of hydrogen-bond donors (Lipinski definition) is 1. The molecular formula is C15H16N2O4. The minimum absolute atomic E-state index is 0.180. The van der Waals surface area contributed by atoms with Crippen LogP contribution in [0.2, 0.25) is 0 Å². The van der Waals surface area contributed by atoms with Crippen molar-refractivity contribution >= 4 is 11.7 Å². The number of nitrogen functional groups attached to an aromatic ring is 1. The molecule has 0 radical (unpaired) electrons. The van der Waals surface area contributed by atoms with Crippen LogP contribution in [0.3, 0.4) is 0 Å². The van der Waals surface area contributed by atoms with E-state index in [4.69, 9.17) is 15.2 Å². The number of carbonyl (C=O) groups excluding carboxylic acids is 1. The summed E-state index contributed by atoms with van der Waals surface area (Å²) in [5.41, 5.74) is 7.07. The van der Waals surface area contributed by atoms with E-state index in [1.165, 1.54) is 19.4 Å². The largest absolute Gasteiger partial charge is 0.497 e. The molecule has 0 bridgehead atoms. The van der Waals surface area contributed by atoms with Gasteiger partial charge >= 0.3 is 5.97 Å². The molecule has 2 rings (SSSR count). The first-order valence-corrected chi connectivity index (χ1v) is 6.23. The van der Waals surface area contributed by atoms with E-state index in [-0.39, 0.29) is 18.1 Å². The highest BCUT2D eigenvalue weighted by Crippen LogP contribution is 2.21. The fourth-order valence-corrected chi connectivity index (χ4v) is 1.75. The normalized spacial score (nSPS) is 10.0. The van der Waals surface area contributed by atoms with Crippen LogP contribution in [-0.2, 0) is 11.3 Å². The SMILES string of the molecule is COC(=O)c1cc(N)cnc1OCc1cccc(OC)c1. The predicted molar refractivity (Wildman–Crippen MR) is 77.3 cm³/mol. The number of rotatable bonds is 5. The van der Waals surface area contributed by atoms with Crippen LogP contribution >= 0.6 is 0 Å². The van der Waals surface area contributed by atoms with Gasteiger partial charge in [0.1, 0.15) is 17.9 Å². The van der Waals surface area contributed by atoms with Gasteiger partial charge in [0, 0.05) is 0 Å². The molecule has 0 unspecified atom stereocenters. The third-order valence-electron chi connectivity index (χ3n) is 2.79. The monoisotopic (exact) mass is 288 g/mol. The molecule has 0 aliphatic carbocycles. The number of aromatic nitrogens is 1. The molecule has 2 aromatic rings. The van der Waals surface area contributed by atoms with Gasteiger partial charge in [-0.1, -0.05) is 12.1 Å². The number of esters is 1. The lowest BCUT2D eigenvalue weighted by molar-refractivity contribution is 0.0594. The number of ether oxygens (including phenoxy) is 3. The van der Waals surface area contributed by atoms with Crippen LogP contribution in [0.5, 0.6) is 11.6 Å². The van der Waals surface area contributed by atoms with Gasteiger partial charge in [-0.05, 0) is 23.8 Å². The molecule has 0 saturated heterocycles. The van der Waals surface area contributed by atoms with Gasteiger partial charge in [-0.25, -0.2) is 9.78 Å². The van der Waals surface area contributed by atoms with Crippen molar-refractivity contribution < 1.29 is 19.0 Å². The lowest BCUT2D eigenvalue weighted by atomic mass is 10.2. The molecule has 0 atom stereocenters. The average Bonchev–Trinajstić information content (AvgIpc) is 2.53. The summed E-state index contributed by atoms with van der Waals surface area (Å²) in [5, 5.41) is 0. The summed E-state index contributed by atoms with van der Waals surface area (Å²) in [6.07, 6.45) is 1.42. The molecular weight excluding hydrogens is 272 g/mol. The fraction of sp³-hybridized carbons (Fsp3) is 0.200. The van der Waals surface area contributed by atoms with E-state index in [1.54, 1.807) is 7.11 Å². The van der Waals surface area contributed by atoms with E-state index in [9.17, 15) is 4.79 Å². The molecule has 0 amide bonds. The van der Waals surface area contributed by atoms with Crippen LogP contribution in [0.15, 0.2) is 36.5 Å². The quantitative estimate of drug-likeness (QED) is 0.848. The Kier molecular flexibility index (Phi) is 4.61. The van der Waals surface area contributed by atoms with Crippen LogP contribution < -0.4 is 15.2 Å². The Labute approximate surface area is 122 Å². The van der Waals surface area contributed by atoms with Crippen molar-refractivity contribution in [1.82, 2.24) is 4.98 Å². The maximum absolute atomic E-state index is 11.7. The third-order valence-corrected chi connectivity index (χ3v) is 2.79. The smallest absolute Gasteiger partial charge is 0.343 e. The molecule has 21 heavy (non-hydrogen) atoms. The summed E-state index contributed by atoms with van der Waals surface area (Å²) in [6.45, 7) is 0.248. The van der Waals surface area contributed by atoms with E-state index in [0.29, 0.717) is 5.69 Å². The van der Waals surface area contributed by atoms with Gasteiger partial charge in [0.15, 0.2) is 0 Å². The molecule has 0 spiro atoms. The Balaban J connectivity index is 2.17. The van der Waals surface area contributed by atoms with Gasteiger partial charge in [0.25, 0.3) is 0 Å². The zero-order valence-corrected chi connectivity index (χ0v) is 11.8. The molecule has 6 heteroatoms. The van der Waals surface area contributed by atoms with Crippen molar-refractivity contribution in [2.45, 2.75) is 6.61 Å². The zero-order valence-electron chi connectivity index (χ0n) is 11.8. The Morgan fingerprint density at radius 1 is 1.29 bits per heavy atom. The van der Waals surface area contributed by atoms with Crippen LogP contribution in [0.25, 0.3) is 0 Å². The molecule has 0 fully saturated rings. The molecule has 0 aliphatic rings. The Morgan fingerprint density at radius 3 is 2.81 bits per heavy atom. The Bertz CT molecular complexity index is 643. The van der Waals surface area contributed by atoms with Crippen molar-refractivity contribution in [3.05, 3.63) is 47.7 Å². The van der Waals surface area contributed by atoms with E-state index >= 15 is 0 Å². The third kappa shape index (κ3) is 3.62. The lowest BCUT2D eigenvalue weighted by Gasteiger charge is -2.10. The summed E-state index contributed by atoms with van der Waals surface area (Å²) in [5.74, 6) is 0.365. The number of nitrogens with two attached hydrogens (primary N) is 1. The molecule has 1 aromatic carbocycles. The summed E-state index contributed by atoms with van der Waals surface area (Å²) in [6, 6.07) is 8.90. The zero-order chi connectivity index (χ0) is 15.2. The summed E-state index contributed by atoms with van der Waals surface area (Å²) in [7, 11) is 2.88. The van der Waals surface area contributed by atoms with E-state index in [0.717, 1.165) is 11.3 Å². The maximum Gasteiger partial charge on any atom is 0.343 e. The van der Waals surface area contributed by atoms with E-state index in [2.05, 4.69) is 9.72 Å². The molecule has 0 aliphatic heterocycles. The number of carbonyl (C=O) groups is 1. The number of pyridine rings is 1. The van der Waals surface area contributed by atoms with Crippen LogP contribution in [-0.4, -0.2) is 25.2 Å². The van der Waals surface area contributed by atoms with Gasteiger partial charge in [-0.3, -0.25) is 0 Å². The first kappa shape index (κ1) is 14.6. The van der Waals surface area contributed by atoms with Gasteiger partial charge in [0.05, 0.1) is 26.1 Å². The number of nitrogens with zero attached hydrogens (tertiary/aromatic N) is 1. The Morgan fingerprint density at radius 2 is 2.10 bits per heavy atom. The van der Waals surface area contributed by atoms with Gasteiger partial charge in [-0.15, -0.1) is 0 Å². The van der Waals surface area contributed by atoms with E-state index < -0.39 is 5.97 Å². The maximum atomic E-state index is 11.7. The van der Waals surface area contributed by atoms with Crippen molar-refractivity contribution in [2.24, 2.45) is 0 Å². The minimum Gasteiger partial charge on any atom is -0.497 e. The number of anilines is 1. The van der Waals surface area contributed by atoms with Crippen LogP contribution in [0.1, 0.15) is 15.9 Å². The molecule has 1 aromatic heterocycles. The fourth-order valence-electron chi connectivity index (χ4n) is 1.75. The topological polar surface area (TPSA) is 83.7 Å². The number of methoxy groups -OCH3 is 2. The molecule has 2 N–H and O–H groups in total. The standard InChI is InChI=1S/C15H16N2O4/c1-19-12-5-3-4-10(6-12)9-21-14-13(15(18)20-2)7-11(16)8-17-14/h3-8H,9,16H2,1-2H3. The van der Waals surface area contributed by atoms with E-state index in [1.807, 2.05) is 24.3 Å². The van der Waals surface area contributed by atoms with Gasteiger partial charge in [-0.2, -0.15) is 0 Å². The first-order valence-electron chi connectivity index (χ1n) is 6.23. The summed E-state index contributed by atoms with van der Waals surface area (Å²) >= 11 is 0. The number of hydrogen-bond acceptors (Lipinski definition) is 6. The average molecular weight is 288 g/mol. The minimum atomic E-state index is -0.546.